The molecule has 2 saturated heterocycles. The largest absolute Gasteiger partial charge is 0.490 e. The molecule has 224 valence electrons. The van der Waals surface area contributed by atoms with E-state index in [1.54, 1.807) is 36.0 Å². The van der Waals surface area contributed by atoms with E-state index in [2.05, 4.69) is 32.7 Å². The minimum atomic E-state index is -0.549. The van der Waals surface area contributed by atoms with Crippen LogP contribution in [0, 0.1) is 5.95 Å². The minimum Gasteiger partial charge on any atom is -0.490 e. The predicted molar refractivity (Wildman–Crippen MR) is 163 cm³/mol. The highest BCUT2D eigenvalue weighted by molar-refractivity contribution is 7.14. The maximum Gasteiger partial charge on any atom is 0.317 e. The van der Waals surface area contributed by atoms with Crippen molar-refractivity contribution < 1.29 is 18.7 Å². The highest BCUT2D eigenvalue weighted by Gasteiger charge is 2.29. The third kappa shape index (κ3) is 6.64. The fraction of sp³-hybridized carbons (Fsp3) is 0.355. The Labute approximate surface area is 253 Å². The molecule has 0 spiro atoms. The van der Waals surface area contributed by atoms with Crippen molar-refractivity contribution in [2.45, 2.75) is 44.4 Å². The molecule has 0 aliphatic carbocycles. The summed E-state index contributed by atoms with van der Waals surface area (Å²) in [5, 5.41) is 8.18. The number of likely N-dealkylation sites (tertiary alicyclic amines) is 1. The summed E-state index contributed by atoms with van der Waals surface area (Å²) in [7, 11) is 1.65. The third-order valence-corrected chi connectivity index (χ3v) is 8.73. The summed E-state index contributed by atoms with van der Waals surface area (Å²) in [6, 6.07) is 14.9. The number of amides is 3. The summed E-state index contributed by atoms with van der Waals surface area (Å²) in [6.45, 7) is 2.66. The summed E-state index contributed by atoms with van der Waals surface area (Å²) >= 11 is 1.41. The van der Waals surface area contributed by atoms with Gasteiger partial charge < -0.3 is 24.4 Å². The van der Waals surface area contributed by atoms with Gasteiger partial charge in [0.15, 0.2) is 5.13 Å². The van der Waals surface area contributed by atoms with Crippen LogP contribution in [0.4, 0.5) is 20.0 Å². The number of carbonyl (C=O) groups is 2. The second kappa shape index (κ2) is 12.8. The molecule has 0 saturated carbocycles. The van der Waals surface area contributed by atoms with Gasteiger partial charge in [0, 0.05) is 69.5 Å². The minimum absolute atomic E-state index is 0.0384. The number of pyridine rings is 1. The van der Waals surface area contributed by atoms with Crippen LogP contribution < -0.4 is 20.3 Å². The van der Waals surface area contributed by atoms with Gasteiger partial charge in [0.1, 0.15) is 17.5 Å². The smallest absolute Gasteiger partial charge is 0.317 e. The molecule has 5 heterocycles. The Balaban J connectivity index is 1.06. The van der Waals surface area contributed by atoms with Crippen LogP contribution in [-0.2, 0) is 6.54 Å². The maximum atomic E-state index is 13.5. The van der Waals surface area contributed by atoms with Gasteiger partial charge >= 0.3 is 6.03 Å². The van der Waals surface area contributed by atoms with Crippen molar-refractivity contribution >= 4 is 34.1 Å². The molecule has 2 fully saturated rings. The van der Waals surface area contributed by atoms with Gasteiger partial charge in [0.2, 0.25) is 5.95 Å². The van der Waals surface area contributed by atoms with E-state index in [-0.39, 0.29) is 24.1 Å². The number of ether oxygens (including phenoxy) is 1. The zero-order valence-electron chi connectivity index (χ0n) is 23.9. The molecule has 43 heavy (non-hydrogen) atoms. The lowest BCUT2D eigenvalue weighted by Crippen LogP contribution is -2.45. The van der Waals surface area contributed by atoms with Crippen molar-refractivity contribution in [3.63, 3.8) is 0 Å². The molecule has 12 heteroatoms. The summed E-state index contributed by atoms with van der Waals surface area (Å²) in [4.78, 5) is 37.5. The van der Waals surface area contributed by atoms with Gasteiger partial charge in [-0.1, -0.05) is 0 Å². The fourth-order valence-corrected chi connectivity index (χ4v) is 6.53. The molecule has 1 atom stereocenters. The Hall–Kier alpha value is -4.45. The molecule has 0 radical (unpaired) electrons. The third-order valence-electron chi connectivity index (χ3n) is 7.96. The number of nitrogens with one attached hydrogen (secondary N) is 2. The summed E-state index contributed by atoms with van der Waals surface area (Å²) in [5.41, 5.74) is 3.23. The van der Waals surface area contributed by atoms with Crippen LogP contribution in [-0.4, -0.2) is 64.2 Å². The number of urea groups is 1. The number of hydrogen-bond acceptors (Lipinski definition) is 7. The van der Waals surface area contributed by atoms with Gasteiger partial charge in [0.05, 0.1) is 11.7 Å². The van der Waals surface area contributed by atoms with Crippen LogP contribution in [0.3, 0.4) is 0 Å². The number of hydrogen-bond donors (Lipinski definition) is 2. The Bertz CT molecular complexity index is 1570. The highest BCUT2D eigenvalue weighted by atomic mass is 32.1. The topological polar surface area (TPSA) is 105 Å². The lowest BCUT2D eigenvalue weighted by Gasteiger charge is -2.32. The van der Waals surface area contributed by atoms with Gasteiger partial charge in [-0.3, -0.25) is 10.1 Å². The first-order valence-corrected chi connectivity index (χ1v) is 15.4. The standard InChI is InChI=1S/C31H34FN7O3S/c1-33-31(41)37-16-11-24(12-17-37)42-23-8-6-22(7-9-23)39-15-3-4-26(39)25-20-43-30(35-25)36-29(40)27-5-2-14-38(27)19-21-10-13-34-28(32)18-21/h2,5-10,13-14,18,20,24,26H,3-4,11-12,15-17,19H2,1H3,(H,33,41)(H,35,36,40). The average Bonchev–Trinajstić information content (AvgIpc) is 3.79. The van der Waals surface area contributed by atoms with Crippen LogP contribution in [0.15, 0.2) is 66.3 Å². The number of thiazole rings is 1. The van der Waals surface area contributed by atoms with E-state index in [4.69, 9.17) is 9.72 Å². The van der Waals surface area contributed by atoms with Crippen molar-refractivity contribution in [2.24, 2.45) is 0 Å². The monoisotopic (exact) mass is 603 g/mol. The number of rotatable bonds is 8. The molecular formula is C31H34FN7O3S. The van der Waals surface area contributed by atoms with Crippen LogP contribution >= 0.6 is 11.3 Å². The Kier molecular flexibility index (Phi) is 8.55. The van der Waals surface area contributed by atoms with E-state index in [0.717, 1.165) is 54.9 Å². The molecule has 2 N–H and O–H groups in total. The van der Waals surface area contributed by atoms with E-state index < -0.39 is 5.95 Å². The lowest BCUT2D eigenvalue weighted by molar-refractivity contribution is 0.101. The maximum absolute atomic E-state index is 13.5. The van der Waals surface area contributed by atoms with Crippen molar-refractivity contribution in [2.75, 3.05) is 36.9 Å². The number of carbonyl (C=O) groups excluding carboxylic acids is 2. The molecule has 1 unspecified atom stereocenters. The van der Waals surface area contributed by atoms with Crippen molar-refractivity contribution in [3.05, 3.63) is 89.2 Å². The number of halogens is 1. The molecule has 1 aromatic carbocycles. The first kappa shape index (κ1) is 28.7. The van der Waals surface area contributed by atoms with Crippen molar-refractivity contribution in [3.8, 4) is 5.75 Å². The van der Waals surface area contributed by atoms with E-state index in [0.29, 0.717) is 30.5 Å². The quantitative estimate of drug-likeness (QED) is 0.265. The second-order valence-electron chi connectivity index (χ2n) is 10.7. The number of benzene rings is 1. The first-order valence-electron chi connectivity index (χ1n) is 14.5. The molecule has 10 nitrogen and oxygen atoms in total. The van der Waals surface area contributed by atoms with Crippen LogP contribution in [0.25, 0.3) is 0 Å². The number of aromatic nitrogens is 3. The number of anilines is 2. The Morgan fingerprint density at radius 1 is 1.09 bits per heavy atom. The van der Waals surface area contributed by atoms with Crippen molar-refractivity contribution in [1.29, 1.82) is 0 Å². The molecule has 2 aliphatic heterocycles. The van der Waals surface area contributed by atoms with Gasteiger partial charge in [0.25, 0.3) is 5.91 Å². The SMILES string of the molecule is CNC(=O)N1CCC(Oc2ccc(N3CCCC3c3csc(NC(=O)c4cccn4Cc4ccnc(F)c4)n3)cc2)CC1. The number of nitrogens with zero attached hydrogens (tertiary/aromatic N) is 5. The molecular weight excluding hydrogens is 569 g/mol. The zero-order chi connectivity index (χ0) is 29.8. The molecule has 0 bridgehead atoms. The molecule has 4 aromatic rings. The molecule has 6 rings (SSSR count). The van der Waals surface area contributed by atoms with Crippen molar-refractivity contribution in [1.82, 2.24) is 24.8 Å². The fourth-order valence-electron chi connectivity index (χ4n) is 5.78. The Morgan fingerprint density at radius 3 is 2.67 bits per heavy atom. The molecule has 3 aromatic heterocycles. The summed E-state index contributed by atoms with van der Waals surface area (Å²) in [5.74, 6) is 0.0151. The summed E-state index contributed by atoms with van der Waals surface area (Å²) < 4.78 is 21.5. The second-order valence-corrected chi connectivity index (χ2v) is 11.6. The zero-order valence-corrected chi connectivity index (χ0v) is 24.7. The van der Waals surface area contributed by atoms with E-state index in [1.807, 2.05) is 22.4 Å². The first-order chi connectivity index (χ1) is 21.0. The van der Waals surface area contributed by atoms with Crippen LogP contribution in [0.5, 0.6) is 5.75 Å². The van der Waals surface area contributed by atoms with E-state index >= 15 is 0 Å². The van der Waals surface area contributed by atoms with Crippen LogP contribution in [0.1, 0.15) is 53.5 Å². The van der Waals surface area contributed by atoms with E-state index in [9.17, 15) is 14.0 Å². The van der Waals surface area contributed by atoms with Gasteiger partial charge in [-0.2, -0.15) is 4.39 Å². The average molecular weight is 604 g/mol. The predicted octanol–water partition coefficient (Wildman–Crippen LogP) is 5.30. The summed E-state index contributed by atoms with van der Waals surface area (Å²) in [6.07, 6.45) is 6.95. The van der Waals surface area contributed by atoms with Crippen LogP contribution in [0.2, 0.25) is 0 Å². The van der Waals surface area contributed by atoms with Gasteiger partial charge in [-0.05, 0) is 66.9 Å². The molecule has 2 aliphatic rings. The van der Waals surface area contributed by atoms with Gasteiger partial charge in [-0.15, -0.1) is 11.3 Å². The van der Waals surface area contributed by atoms with E-state index in [1.165, 1.54) is 23.6 Å². The lowest BCUT2D eigenvalue weighted by atomic mass is 10.1. The normalized spacial score (nSPS) is 17.2. The molecule has 3 amide bonds. The Morgan fingerprint density at radius 2 is 1.91 bits per heavy atom. The number of piperidine rings is 1. The highest BCUT2D eigenvalue weighted by Crippen LogP contribution is 2.38. The van der Waals surface area contributed by atoms with Gasteiger partial charge in [-0.25, -0.2) is 14.8 Å².